The Morgan fingerprint density at radius 1 is 1.21 bits per heavy atom. The summed E-state index contributed by atoms with van der Waals surface area (Å²) in [5.74, 6) is -1.35. The predicted molar refractivity (Wildman–Crippen MR) is 109 cm³/mol. The third-order valence-electron chi connectivity index (χ3n) is 4.39. The molecule has 2 heterocycles. The average Bonchev–Trinajstić information content (AvgIpc) is 3.10. The molecule has 2 N–H and O–H groups in total. The molecule has 0 radical (unpaired) electrons. The molecule has 1 aromatic carbocycles. The molecule has 0 aliphatic carbocycles. The summed E-state index contributed by atoms with van der Waals surface area (Å²) in [5.41, 5.74) is 1.82. The van der Waals surface area contributed by atoms with Crippen LogP contribution in [0.25, 0.3) is 11.0 Å². The van der Waals surface area contributed by atoms with E-state index in [4.69, 9.17) is 0 Å². The number of nitrogens with one attached hydrogen (secondary N) is 1. The lowest BCUT2D eigenvalue weighted by molar-refractivity contribution is -0.137. The van der Waals surface area contributed by atoms with Crippen molar-refractivity contribution in [3.05, 3.63) is 53.9 Å². The first-order valence-corrected chi connectivity index (χ1v) is 10.1. The maximum absolute atomic E-state index is 12.7. The molecule has 8 heteroatoms. The number of thioether (sulfide) groups is 1. The Kier molecular flexibility index (Phi) is 5.99. The molecule has 0 bridgehead atoms. The highest BCUT2D eigenvalue weighted by Crippen LogP contribution is 2.22. The second kappa shape index (κ2) is 8.43. The molecule has 0 aliphatic rings. The van der Waals surface area contributed by atoms with Crippen LogP contribution in [0.5, 0.6) is 0 Å². The molecule has 1 amide bonds. The van der Waals surface area contributed by atoms with Crippen LogP contribution >= 0.6 is 11.8 Å². The van der Waals surface area contributed by atoms with Gasteiger partial charge >= 0.3 is 5.97 Å². The maximum atomic E-state index is 12.7. The van der Waals surface area contributed by atoms with Crippen LogP contribution in [0.15, 0.2) is 47.6 Å². The highest BCUT2D eigenvalue weighted by atomic mass is 32.2. The van der Waals surface area contributed by atoms with Crippen LogP contribution < -0.4 is 5.32 Å². The Bertz CT molecular complexity index is 998. The Morgan fingerprint density at radius 3 is 2.54 bits per heavy atom. The van der Waals surface area contributed by atoms with E-state index in [1.54, 1.807) is 28.7 Å². The monoisotopic (exact) mass is 398 g/mol. The minimum absolute atomic E-state index is 0.161. The molecule has 146 valence electrons. The molecule has 1 atom stereocenters. The normalized spacial score (nSPS) is 12.3. The van der Waals surface area contributed by atoms with Gasteiger partial charge in [-0.3, -0.25) is 9.59 Å². The molecule has 0 spiro atoms. The summed E-state index contributed by atoms with van der Waals surface area (Å²) in [5, 5.41) is 17.1. The third-order valence-corrected chi connectivity index (χ3v) is 5.13. The van der Waals surface area contributed by atoms with Crippen LogP contribution in [-0.2, 0) is 4.79 Å². The van der Waals surface area contributed by atoms with Crippen molar-refractivity contribution in [2.24, 2.45) is 0 Å². The highest BCUT2D eigenvalue weighted by molar-refractivity contribution is 7.98. The fraction of sp³-hybridized carbons (Fsp3) is 0.300. The standard InChI is InChI=1S/C20H22N4O3S/c1-12(2)24-19-14(11-22-24)8-15(10-21-19)20(27)23-17(9-18(25)26)13-4-6-16(28-3)7-5-13/h4-8,10-12,17H,9H2,1-3H3,(H,23,27)(H,25,26). The number of benzene rings is 1. The topological polar surface area (TPSA) is 97.1 Å². The first-order valence-electron chi connectivity index (χ1n) is 8.89. The molecular formula is C20H22N4O3S. The van der Waals surface area contributed by atoms with Gasteiger partial charge in [0.05, 0.1) is 24.2 Å². The maximum Gasteiger partial charge on any atom is 0.305 e. The Labute approximate surface area is 167 Å². The number of carboxylic acid groups (broad SMARTS) is 1. The van der Waals surface area contributed by atoms with Crippen LogP contribution in [0.3, 0.4) is 0 Å². The van der Waals surface area contributed by atoms with E-state index in [-0.39, 0.29) is 18.4 Å². The van der Waals surface area contributed by atoms with Crippen molar-refractivity contribution in [1.29, 1.82) is 0 Å². The minimum Gasteiger partial charge on any atom is -0.481 e. The molecular weight excluding hydrogens is 376 g/mol. The van der Waals surface area contributed by atoms with Gasteiger partial charge in [0.2, 0.25) is 0 Å². The molecule has 0 saturated heterocycles. The van der Waals surface area contributed by atoms with Gasteiger partial charge in [0.1, 0.15) is 0 Å². The van der Waals surface area contributed by atoms with E-state index >= 15 is 0 Å². The number of rotatable bonds is 7. The smallest absolute Gasteiger partial charge is 0.305 e. The number of nitrogens with zero attached hydrogens (tertiary/aromatic N) is 3. The molecule has 0 fully saturated rings. The Balaban J connectivity index is 1.84. The van der Waals surface area contributed by atoms with Gasteiger partial charge in [0.25, 0.3) is 5.91 Å². The predicted octanol–water partition coefficient (Wildman–Crippen LogP) is 3.68. The van der Waals surface area contributed by atoms with E-state index < -0.39 is 12.0 Å². The number of amides is 1. The van der Waals surface area contributed by atoms with Gasteiger partial charge in [-0.15, -0.1) is 11.8 Å². The van der Waals surface area contributed by atoms with E-state index in [0.29, 0.717) is 11.2 Å². The number of fused-ring (bicyclic) bond motifs is 1. The van der Waals surface area contributed by atoms with Gasteiger partial charge in [0.15, 0.2) is 5.65 Å². The summed E-state index contributed by atoms with van der Waals surface area (Å²) in [6.45, 7) is 4.01. The number of aliphatic carboxylic acids is 1. The van der Waals surface area contributed by atoms with Crippen molar-refractivity contribution in [2.75, 3.05) is 6.26 Å². The number of carbonyl (C=O) groups excluding carboxylic acids is 1. The summed E-state index contributed by atoms with van der Waals surface area (Å²) in [4.78, 5) is 29.5. The highest BCUT2D eigenvalue weighted by Gasteiger charge is 2.20. The first kappa shape index (κ1) is 19.9. The quantitative estimate of drug-likeness (QED) is 0.589. The number of aromatic nitrogens is 3. The van der Waals surface area contributed by atoms with Gasteiger partial charge < -0.3 is 10.4 Å². The number of pyridine rings is 1. The fourth-order valence-corrected chi connectivity index (χ4v) is 3.36. The van der Waals surface area contributed by atoms with Crippen molar-refractivity contribution in [3.8, 4) is 0 Å². The minimum atomic E-state index is -0.981. The van der Waals surface area contributed by atoms with Gasteiger partial charge in [-0.05, 0) is 43.9 Å². The van der Waals surface area contributed by atoms with Gasteiger partial charge in [-0.1, -0.05) is 12.1 Å². The van der Waals surface area contributed by atoms with Crippen molar-refractivity contribution in [2.45, 2.75) is 37.2 Å². The lowest BCUT2D eigenvalue weighted by atomic mass is 10.0. The number of hydrogen-bond donors (Lipinski definition) is 2. The summed E-state index contributed by atoms with van der Waals surface area (Å²) < 4.78 is 1.79. The van der Waals surface area contributed by atoms with Gasteiger partial charge in [0, 0.05) is 22.5 Å². The molecule has 3 aromatic rings. The van der Waals surface area contributed by atoms with Crippen molar-refractivity contribution >= 4 is 34.7 Å². The van der Waals surface area contributed by atoms with E-state index in [0.717, 1.165) is 15.8 Å². The molecule has 3 rings (SSSR count). The van der Waals surface area contributed by atoms with Crippen molar-refractivity contribution in [1.82, 2.24) is 20.1 Å². The van der Waals surface area contributed by atoms with Crippen molar-refractivity contribution < 1.29 is 14.7 Å². The second-order valence-electron chi connectivity index (χ2n) is 6.72. The van der Waals surface area contributed by atoms with Crippen molar-refractivity contribution in [3.63, 3.8) is 0 Å². The van der Waals surface area contributed by atoms with Crippen LogP contribution in [0.4, 0.5) is 0 Å². The SMILES string of the molecule is CSc1ccc(C(CC(=O)O)NC(=O)c2cnc3c(cnn3C(C)C)c2)cc1. The van der Waals surface area contributed by atoms with E-state index in [1.165, 1.54) is 6.20 Å². The lowest BCUT2D eigenvalue weighted by Gasteiger charge is -2.18. The van der Waals surface area contributed by atoms with Crippen LogP contribution in [0.1, 0.15) is 48.3 Å². The summed E-state index contributed by atoms with van der Waals surface area (Å²) in [6, 6.07) is 8.76. The van der Waals surface area contributed by atoms with E-state index in [2.05, 4.69) is 15.4 Å². The molecule has 0 aliphatic heterocycles. The fourth-order valence-electron chi connectivity index (χ4n) is 2.95. The first-order chi connectivity index (χ1) is 13.4. The Morgan fingerprint density at radius 2 is 1.93 bits per heavy atom. The number of carboxylic acids is 1. The second-order valence-corrected chi connectivity index (χ2v) is 7.60. The summed E-state index contributed by atoms with van der Waals surface area (Å²) >= 11 is 1.60. The molecule has 0 saturated carbocycles. The largest absolute Gasteiger partial charge is 0.481 e. The van der Waals surface area contributed by atoms with Gasteiger partial charge in [-0.2, -0.15) is 5.10 Å². The van der Waals surface area contributed by atoms with Crippen LogP contribution in [0, 0.1) is 0 Å². The molecule has 2 aromatic heterocycles. The number of hydrogen-bond acceptors (Lipinski definition) is 5. The van der Waals surface area contributed by atoms with Gasteiger partial charge in [-0.25, -0.2) is 9.67 Å². The zero-order valence-electron chi connectivity index (χ0n) is 15.9. The summed E-state index contributed by atoms with van der Waals surface area (Å²) in [6.07, 6.45) is 4.93. The van der Waals surface area contributed by atoms with Crippen LogP contribution in [0.2, 0.25) is 0 Å². The molecule has 1 unspecified atom stereocenters. The lowest BCUT2D eigenvalue weighted by Crippen LogP contribution is -2.30. The zero-order chi connectivity index (χ0) is 20.3. The zero-order valence-corrected chi connectivity index (χ0v) is 16.7. The Hall–Kier alpha value is -2.87. The third kappa shape index (κ3) is 4.33. The average molecular weight is 398 g/mol. The summed E-state index contributed by atoms with van der Waals surface area (Å²) in [7, 11) is 0. The molecule has 7 nitrogen and oxygen atoms in total. The molecule has 28 heavy (non-hydrogen) atoms. The van der Waals surface area contributed by atoms with Crippen LogP contribution in [-0.4, -0.2) is 38.0 Å². The number of carbonyl (C=O) groups is 2. The van der Waals surface area contributed by atoms with E-state index in [1.807, 2.05) is 44.4 Å². The van der Waals surface area contributed by atoms with E-state index in [9.17, 15) is 14.7 Å².